The summed E-state index contributed by atoms with van der Waals surface area (Å²) in [5, 5.41) is 2.82. The van der Waals surface area contributed by atoms with Crippen molar-refractivity contribution in [3.05, 3.63) is 88.4 Å². The van der Waals surface area contributed by atoms with Crippen LogP contribution in [0.4, 0.5) is 5.69 Å². The van der Waals surface area contributed by atoms with E-state index in [4.69, 9.17) is 4.74 Å². The molecule has 0 spiro atoms. The van der Waals surface area contributed by atoms with E-state index in [1.807, 2.05) is 56.3 Å². The van der Waals surface area contributed by atoms with Gasteiger partial charge in [0.1, 0.15) is 16.7 Å². The van der Waals surface area contributed by atoms with Crippen molar-refractivity contribution >= 4 is 37.5 Å². The van der Waals surface area contributed by atoms with Gasteiger partial charge in [0, 0.05) is 4.47 Å². The fraction of sp³-hybridized carbons (Fsp3) is 0.240. The molecule has 3 aromatic rings. The van der Waals surface area contributed by atoms with Crippen molar-refractivity contribution < 1.29 is 17.9 Å². The molecule has 1 amide bonds. The minimum absolute atomic E-state index is 0.00273. The maximum absolute atomic E-state index is 13.4. The van der Waals surface area contributed by atoms with E-state index >= 15 is 0 Å². The van der Waals surface area contributed by atoms with Gasteiger partial charge in [-0.1, -0.05) is 62.4 Å². The molecule has 0 aliphatic heterocycles. The number of benzene rings is 3. The minimum atomic E-state index is -4.07. The number of amides is 1. The van der Waals surface area contributed by atoms with Gasteiger partial charge in [0.05, 0.1) is 12.8 Å². The van der Waals surface area contributed by atoms with Gasteiger partial charge in [0.15, 0.2) is 0 Å². The van der Waals surface area contributed by atoms with Crippen LogP contribution in [0.3, 0.4) is 0 Å². The second-order valence-corrected chi connectivity index (χ2v) is 10.4. The van der Waals surface area contributed by atoms with Crippen LogP contribution in [0.5, 0.6) is 5.75 Å². The van der Waals surface area contributed by atoms with Gasteiger partial charge in [0.2, 0.25) is 15.9 Å². The van der Waals surface area contributed by atoms with Gasteiger partial charge in [-0.05, 0) is 63.7 Å². The molecule has 8 heteroatoms. The first-order valence-corrected chi connectivity index (χ1v) is 12.8. The molecule has 0 saturated carbocycles. The predicted octanol–water partition coefficient (Wildman–Crippen LogP) is 5.11. The largest absolute Gasteiger partial charge is 0.495 e. The van der Waals surface area contributed by atoms with E-state index in [-0.39, 0.29) is 23.0 Å². The molecule has 0 radical (unpaired) electrons. The van der Waals surface area contributed by atoms with Gasteiger partial charge in [-0.15, -0.1) is 0 Å². The Morgan fingerprint density at radius 1 is 1.00 bits per heavy atom. The zero-order chi connectivity index (χ0) is 24.0. The van der Waals surface area contributed by atoms with Gasteiger partial charge in [0.25, 0.3) is 0 Å². The number of rotatable bonds is 9. The highest BCUT2D eigenvalue weighted by atomic mass is 79.9. The molecule has 174 valence electrons. The van der Waals surface area contributed by atoms with E-state index in [2.05, 4.69) is 26.0 Å². The van der Waals surface area contributed by atoms with Crippen molar-refractivity contribution in [3.8, 4) is 5.75 Å². The summed E-state index contributed by atoms with van der Waals surface area (Å²) < 4.78 is 35.5. The van der Waals surface area contributed by atoms with E-state index in [9.17, 15) is 13.2 Å². The molecular formula is C25H27BrN2O4S. The Morgan fingerprint density at radius 3 is 2.30 bits per heavy atom. The lowest BCUT2D eigenvalue weighted by Crippen LogP contribution is -2.45. The maximum atomic E-state index is 13.4. The second kappa shape index (κ2) is 11.0. The Kier molecular flexibility index (Phi) is 8.29. The average Bonchev–Trinajstić information content (AvgIpc) is 2.80. The first-order valence-electron chi connectivity index (χ1n) is 10.5. The van der Waals surface area contributed by atoms with Gasteiger partial charge >= 0.3 is 0 Å². The van der Waals surface area contributed by atoms with E-state index in [1.54, 1.807) is 30.3 Å². The van der Waals surface area contributed by atoms with E-state index in [0.717, 1.165) is 11.1 Å². The molecule has 0 aliphatic carbocycles. The lowest BCUT2D eigenvalue weighted by molar-refractivity contribution is -0.117. The van der Waals surface area contributed by atoms with Crippen LogP contribution < -0.4 is 14.8 Å². The quantitative estimate of drug-likeness (QED) is 0.402. The van der Waals surface area contributed by atoms with Crippen LogP contribution in [-0.2, 0) is 21.2 Å². The van der Waals surface area contributed by atoms with Crippen LogP contribution in [0.15, 0.2) is 82.2 Å². The minimum Gasteiger partial charge on any atom is -0.495 e. The highest BCUT2D eigenvalue weighted by molar-refractivity contribution is 9.10. The highest BCUT2D eigenvalue weighted by Gasteiger charge is 2.29. The predicted molar refractivity (Wildman–Crippen MR) is 134 cm³/mol. The second-order valence-electron chi connectivity index (χ2n) is 7.90. The molecule has 0 aromatic heterocycles. The number of hydrogen-bond acceptors (Lipinski definition) is 4. The molecular weight excluding hydrogens is 504 g/mol. The molecule has 2 N–H and O–H groups in total. The van der Waals surface area contributed by atoms with E-state index < -0.39 is 22.0 Å². The Labute approximate surface area is 203 Å². The summed E-state index contributed by atoms with van der Waals surface area (Å²) in [5.74, 6) is -0.117. The van der Waals surface area contributed by atoms with Crippen LogP contribution in [0.25, 0.3) is 0 Å². The third-order valence-corrected chi connectivity index (χ3v) is 7.36. The number of ether oxygens (including phenoxy) is 1. The number of sulfonamides is 1. The van der Waals surface area contributed by atoms with Crippen molar-refractivity contribution in [2.24, 2.45) is 0 Å². The van der Waals surface area contributed by atoms with Crippen molar-refractivity contribution in [1.29, 1.82) is 0 Å². The van der Waals surface area contributed by atoms with Crippen molar-refractivity contribution in [3.63, 3.8) is 0 Å². The van der Waals surface area contributed by atoms with Crippen molar-refractivity contribution in [1.82, 2.24) is 4.72 Å². The number of methoxy groups -OCH3 is 1. The summed E-state index contributed by atoms with van der Waals surface area (Å²) in [5.41, 5.74) is 2.24. The Bertz CT molecular complexity index is 1210. The zero-order valence-corrected chi connectivity index (χ0v) is 21.1. The lowest BCUT2D eigenvalue weighted by atomic mass is 10.0. The van der Waals surface area contributed by atoms with Crippen molar-refractivity contribution in [2.75, 3.05) is 12.4 Å². The fourth-order valence-corrected chi connectivity index (χ4v) is 5.12. The smallest absolute Gasteiger partial charge is 0.245 e. The number of carbonyl (C=O) groups excluding carboxylic acids is 1. The van der Waals surface area contributed by atoms with Crippen LogP contribution >= 0.6 is 15.9 Å². The van der Waals surface area contributed by atoms with Gasteiger partial charge in [-0.25, -0.2) is 8.42 Å². The molecule has 0 aliphatic rings. The number of anilines is 1. The van der Waals surface area contributed by atoms with Crippen LogP contribution in [-0.4, -0.2) is 27.5 Å². The number of hydrogen-bond donors (Lipinski definition) is 2. The number of para-hydroxylation sites is 1. The van der Waals surface area contributed by atoms with Crippen LogP contribution in [0.2, 0.25) is 0 Å². The van der Waals surface area contributed by atoms with Gasteiger partial charge in [-0.3, -0.25) is 4.79 Å². The summed E-state index contributed by atoms with van der Waals surface area (Å²) in [6.45, 7) is 3.96. The molecule has 6 nitrogen and oxygen atoms in total. The first-order chi connectivity index (χ1) is 15.7. The summed E-state index contributed by atoms with van der Waals surface area (Å²) in [6, 6.07) is 20.5. The number of nitrogens with one attached hydrogen (secondary N) is 2. The van der Waals surface area contributed by atoms with E-state index in [1.165, 1.54) is 7.11 Å². The highest BCUT2D eigenvalue weighted by Crippen LogP contribution is 2.28. The monoisotopic (exact) mass is 530 g/mol. The Morgan fingerprint density at radius 2 is 1.67 bits per heavy atom. The summed E-state index contributed by atoms with van der Waals surface area (Å²) in [7, 11) is -2.65. The lowest BCUT2D eigenvalue weighted by Gasteiger charge is -2.20. The SMILES string of the molecule is COc1ccc(C(C)C)cc1S(=O)(=O)NC(Cc1ccccc1)C(=O)Nc1ccccc1Br. The molecule has 0 bridgehead atoms. The molecule has 0 saturated heterocycles. The zero-order valence-electron chi connectivity index (χ0n) is 18.7. The molecule has 33 heavy (non-hydrogen) atoms. The standard InChI is InChI=1S/C25H27BrN2O4S/c1-17(2)19-13-14-23(32-3)24(16-19)33(30,31)28-22(15-18-9-5-4-6-10-18)25(29)27-21-12-8-7-11-20(21)26/h4-14,16-17,22,28H,15H2,1-3H3,(H,27,29). The third kappa shape index (κ3) is 6.43. The Balaban J connectivity index is 1.96. The number of halogens is 1. The summed E-state index contributed by atoms with van der Waals surface area (Å²) in [6.07, 6.45) is 0.183. The Hall–Kier alpha value is -2.68. The third-order valence-electron chi connectivity index (χ3n) is 5.17. The summed E-state index contributed by atoms with van der Waals surface area (Å²) in [4.78, 5) is 13.2. The maximum Gasteiger partial charge on any atom is 0.245 e. The van der Waals surface area contributed by atoms with Crippen LogP contribution in [0, 0.1) is 0 Å². The molecule has 3 rings (SSSR count). The molecule has 0 fully saturated rings. The molecule has 1 unspecified atom stereocenters. The van der Waals surface area contributed by atoms with Gasteiger partial charge < -0.3 is 10.1 Å². The van der Waals surface area contributed by atoms with Crippen molar-refractivity contribution in [2.45, 2.75) is 37.1 Å². The van der Waals surface area contributed by atoms with Gasteiger partial charge in [-0.2, -0.15) is 4.72 Å². The molecule has 0 heterocycles. The summed E-state index contributed by atoms with van der Waals surface area (Å²) >= 11 is 3.41. The number of carbonyl (C=O) groups is 1. The van der Waals surface area contributed by atoms with E-state index in [0.29, 0.717) is 10.2 Å². The van der Waals surface area contributed by atoms with Crippen LogP contribution in [0.1, 0.15) is 30.9 Å². The fourth-order valence-electron chi connectivity index (χ4n) is 3.33. The first kappa shape index (κ1) is 25.0. The topological polar surface area (TPSA) is 84.5 Å². The average molecular weight is 531 g/mol. The normalized spacial score (nSPS) is 12.4. The molecule has 3 aromatic carbocycles. The molecule has 1 atom stereocenters.